The van der Waals surface area contributed by atoms with E-state index in [-0.39, 0.29) is 17.1 Å². The smallest absolute Gasteiger partial charge is 0.214 e. The predicted octanol–water partition coefficient (Wildman–Crippen LogP) is 3.74. The molecule has 0 saturated carbocycles. The maximum atomic E-state index is 3.75. The first-order valence-corrected chi connectivity index (χ1v) is 18.7. The summed E-state index contributed by atoms with van der Waals surface area (Å²) in [6.45, 7) is 0. The van der Waals surface area contributed by atoms with Gasteiger partial charge in [-0.3, -0.25) is 0 Å². The van der Waals surface area contributed by atoms with Crippen molar-refractivity contribution < 1.29 is 17.1 Å². The second kappa shape index (κ2) is 10.9. The molecule has 0 aromatic heterocycles. The Hall–Kier alpha value is -0.985. The molecule has 25 heavy (non-hydrogen) atoms. The van der Waals surface area contributed by atoms with Gasteiger partial charge in [-0.25, -0.2) is 12.1 Å². The molecule has 3 radical (unpaired) electrons. The summed E-state index contributed by atoms with van der Waals surface area (Å²) < 4.78 is 1.58. The van der Waals surface area contributed by atoms with Crippen LogP contribution >= 0.6 is 0 Å². The van der Waals surface area contributed by atoms with Gasteiger partial charge in [0, 0.05) is 0 Å². The summed E-state index contributed by atoms with van der Waals surface area (Å²) in [6.07, 6.45) is 0.850. The van der Waals surface area contributed by atoms with E-state index >= 15 is 0 Å². The van der Waals surface area contributed by atoms with Gasteiger partial charge in [0.05, 0.1) is 0 Å². The second-order valence-electron chi connectivity index (χ2n) is 6.70. The molecule has 0 amide bonds. The van der Waals surface area contributed by atoms with E-state index in [0.29, 0.717) is 0 Å². The van der Waals surface area contributed by atoms with Crippen LogP contribution in [0.2, 0.25) is 14.8 Å². The van der Waals surface area contributed by atoms with Crippen LogP contribution in [0.15, 0.2) is 72.8 Å². The molecular weight excluding hydrogens is 467 g/mol. The van der Waals surface area contributed by atoms with E-state index in [4.69, 9.17) is 0 Å². The van der Waals surface area contributed by atoms with Gasteiger partial charge >= 0.3 is 141 Å². The molecule has 0 atom stereocenters. The van der Waals surface area contributed by atoms with Gasteiger partial charge in [-0.1, -0.05) is 0 Å². The van der Waals surface area contributed by atoms with Crippen LogP contribution < -0.4 is 8.77 Å². The normalized spacial score (nSPS) is 9.92. The molecule has 3 rings (SSSR count). The number of benzene rings is 1. The van der Waals surface area contributed by atoms with E-state index in [0.717, 1.165) is 12.0 Å². The second-order valence-corrected chi connectivity index (χ2v) is 21.5. The van der Waals surface area contributed by atoms with Gasteiger partial charge in [-0.2, -0.15) is 18.2 Å². The maximum absolute atomic E-state index is 3.75. The van der Waals surface area contributed by atoms with Gasteiger partial charge in [0.25, 0.3) is 0 Å². The van der Waals surface area contributed by atoms with Crippen LogP contribution in [0.4, 0.5) is 0 Å². The molecule has 0 nitrogen and oxygen atoms in total. The molecule has 0 bridgehead atoms. The maximum Gasteiger partial charge on any atom is 2.00 e. The molecule has 0 spiro atoms. The third-order valence-corrected chi connectivity index (χ3v) is 10.7. The SMILES string of the molecule is [CH3][Sn]([CH3])([CH3])[c]1c([Si])cc[c-]1CC#Cc1ccccc1.[Fe+2].c1cc[cH-]c1. The zero-order valence-corrected chi connectivity index (χ0v) is 19.9. The van der Waals surface area contributed by atoms with Crippen LogP contribution in [0, 0.1) is 11.8 Å². The van der Waals surface area contributed by atoms with Gasteiger partial charge in [-0.15, -0.1) is 0 Å². The molecule has 0 aliphatic carbocycles. The average molecular weight is 490 g/mol. The summed E-state index contributed by atoms with van der Waals surface area (Å²) in [5.74, 6) is 6.54. The van der Waals surface area contributed by atoms with E-state index in [2.05, 4.69) is 61.2 Å². The molecule has 127 valence electrons. The van der Waals surface area contributed by atoms with Crippen molar-refractivity contribution >= 4 is 37.4 Å². The van der Waals surface area contributed by atoms with E-state index in [1.807, 2.05) is 48.5 Å². The molecule has 0 aliphatic rings. The number of rotatable bonds is 2. The Morgan fingerprint density at radius 3 is 2.16 bits per heavy atom. The van der Waals surface area contributed by atoms with Crippen LogP contribution in [0.5, 0.6) is 0 Å². The van der Waals surface area contributed by atoms with Crippen molar-refractivity contribution in [3.05, 3.63) is 83.9 Å². The minimum Gasteiger partial charge on any atom is -0.214 e. The quantitative estimate of drug-likeness (QED) is 0.292. The van der Waals surface area contributed by atoms with Crippen LogP contribution in [0.1, 0.15) is 11.1 Å². The standard InChI is InChI=1S/C14H9Si.C5H5.3CH3.Fe.Sn/c15-14-10-9-13(11-14)8-4-7-12-5-2-1-3-6-12;1-2-4-5-3-1;;;;;/h1-3,5-6,9-10H,8H2;1-5H;3*1H3;;/q2*-1;;;;+2;. The van der Waals surface area contributed by atoms with Crippen LogP contribution in [0.3, 0.4) is 0 Å². The molecule has 3 heteroatoms. The Labute approximate surface area is 170 Å². The third kappa shape index (κ3) is 7.42. The van der Waals surface area contributed by atoms with Crippen molar-refractivity contribution in [1.82, 2.24) is 0 Å². The molecule has 0 fully saturated rings. The van der Waals surface area contributed by atoms with Crippen molar-refractivity contribution in [2.75, 3.05) is 0 Å². The first-order chi connectivity index (χ1) is 11.5. The molecule has 0 heterocycles. The Balaban J connectivity index is 0.000000448. The number of hydrogen-bond acceptors (Lipinski definition) is 0. The monoisotopic (exact) mass is 491 g/mol. The Bertz CT molecular complexity index is 767. The minimum atomic E-state index is -2.06. The van der Waals surface area contributed by atoms with Gasteiger partial charge in [0.2, 0.25) is 0 Å². The summed E-state index contributed by atoms with van der Waals surface area (Å²) in [6, 6.07) is 24.6. The van der Waals surface area contributed by atoms with E-state index in [1.54, 1.807) is 3.58 Å². The van der Waals surface area contributed by atoms with Crippen molar-refractivity contribution in [3.8, 4) is 11.8 Å². The Morgan fingerprint density at radius 2 is 1.64 bits per heavy atom. The summed E-state index contributed by atoms with van der Waals surface area (Å²) in [5, 5.41) is 1.28. The fourth-order valence-electron chi connectivity index (χ4n) is 2.64. The summed E-state index contributed by atoms with van der Waals surface area (Å²) in [5.41, 5.74) is 2.50. The zero-order chi connectivity index (χ0) is 17.4. The zero-order valence-electron chi connectivity index (χ0n) is 15.0. The van der Waals surface area contributed by atoms with Gasteiger partial charge in [0.15, 0.2) is 0 Å². The fraction of sp³-hybridized carbons (Fsp3) is 0.182. The molecular formula is C22H23FeSiSn. The molecule has 0 N–H and O–H groups in total. The Kier molecular flexibility index (Phi) is 9.60. The van der Waals surface area contributed by atoms with Crippen molar-refractivity contribution in [3.63, 3.8) is 0 Å². The van der Waals surface area contributed by atoms with Crippen molar-refractivity contribution in [1.29, 1.82) is 0 Å². The summed E-state index contributed by atoms with van der Waals surface area (Å²) >= 11 is -2.06. The van der Waals surface area contributed by atoms with E-state index < -0.39 is 18.4 Å². The summed E-state index contributed by atoms with van der Waals surface area (Å²) in [7, 11) is 3.75. The summed E-state index contributed by atoms with van der Waals surface area (Å²) in [4.78, 5) is 7.34. The molecule has 0 saturated heterocycles. The average Bonchev–Trinajstić information content (AvgIpc) is 3.21. The topological polar surface area (TPSA) is 0 Å². The minimum absolute atomic E-state index is 0. The van der Waals surface area contributed by atoms with Crippen LogP contribution in [-0.2, 0) is 23.5 Å². The first-order valence-electron chi connectivity index (χ1n) is 8.20. The van der Waals surface area contributed by atoms with Gasteiger partial charge < -0.3 is 0 Å². The van der Waals surface area contributed by atoms with Crippen molar-refractivity contribution in [2.24, 2.45) is 0 Å². The van der Waals surface area contributed by atoms with Gasteiger partial charge in [-0.05, 0) is 0 Å². The van der Waals surface area contributed by atoms with E-state index in [1.165, 1.54) is 10.8 Å². The van der Waals surface area contributed by atoms with Gasteiger partial charge in [0.1, 0.15) is 0 Å². The largest absolute Gasteiger partial charge is 2.00 e. The molecule has 0 unspecified atom stereocenters. The van der Waals surface area contributed by atoms with Crippen molar-refractivity contribution in [2.45, 2.75) is 21.2 Å². The molecule has 0 aliphatic heterocycles. The molecule has 3 aromatic carbocycles. The predicted molar refractivity (Wildman–Crippen MR) is 109 cm³/mol. The van der Waals surface area contributed by atoms with Crippen LogP contribution in [-0.4, -0.2) is 28.6 Å². The number of hydrogen-bond donors (Lipinski definition) is 0. The van der Waals surface area contributed by atoms with E-state index in [9.17, 15) is 0 Å². The first kappa shape index (κ1) is 22.1. The fourth-order valence-corrected chi connectivity index (χ4v) is 11.2. The molecule has 3 aromatic rings. The van der Waals surface area contributed by atoms with Crippen LogP contribution in [0.25, 0.3) is 0 Å². The third-order valence-electron chi connectivity index (χ3n) is 3.63. The Morgan fingerprint density at radius 1 is 1.00 bits per heavy atom.